The normalized spacial score (nSPS) is 18.6. The van der Waals surface area contributed by atoms with Crippen LogP contribution >= 0.6 is 0 Å². The van der Waals surface area contributed by atoms with Crippen molar-refractivity contribution < 1.29 is 0 Å². The first kappa shape index (κ1) is 14.5. The van der Waals surface area contributed by atoms with Crippen LogP contribution in [0.1, 0.15) is 47.2 Å². The number of rotatable bonds is 3. The minimum absolute atomic E-state index is 0.584. The van der Waals surface area contributed by atoms with Gasteiger partial charge >= 0.3 is 0 Å². The van der Waals surface area contributed by atoms with Crippen LogP contribution in [0.4, 0.5) is 0 Å². The molecule has 19 heavy (non-hydrogen) atoms. The van der Waals surface area contributed by atoms with E-state index in [1.165, 1.54) is 41.8 Å². The van der Waals surface area contributed by atoms with Crippen LogP contribution in [-0.4, -0.2) is 31.1 Å². The van der Waals surface area contributed by atoms with Gasteiger partial charge in [0.05, 0.1) is 0 Å². The molecule has 0 bridgehead atoms. The maximum atomic E-state index is 3.46. The fraction of sp³-hybridized carbons (Fsp3) is 0.647. The lowest BCUT2D eigenvalue weighted by molar-refractivity contribution is 0.168. The van der Waals surface area contributed by atoms with Gasteiger partial charge in [-0.3, -0.25) is 4.90 Å². The number of benzene rings is 1. The Morgan fingerprint density at radius 1 is 1.05 bits per heavy atom. The first-order chi connectivity index (χ1) is 9.06. The molecule has 2 nitrogen and oxygen atoms in total. The fourth-order valence-electron chi connectivity index (χ4n) is 3.39. The molecule has 1 aromatic rings. The molecule has 0 aromatic heterocycles. The van der Waals surface area contributed by atoms with Crippen LogP contribution in [-0.2, 0) is 0 Å². The lowest BCUT2D eigenvalue weighted by Gasteiger charge is -2.37. The third kappa shape index (κ3) is 2.85. The highest BCUT2D eigenvalue weighted by atomic mass is 15.2. The van der Waals surface area contributed by atoms with E-state index in [1.54, 1.807) is 5.56 Å². The summed E-state index contributed by atoms with van der Waals surface area (Å²) in [7, 11) is 0. The molecule has 106 valence electrons. The summed E-state index contributed by atoms with van der Waals surface area (Å²) in [5.74, 6) is 0. The summed E-state index contributed by atoms with van der Waals surface area (Å²) in [5.41, 5.74) is 7.45. The van der Waals surface area contributed by atoms with Gasteiger partial charge in [0, 0.05) is 32.2 Å². The van der Waals surface area contributed by atoms with E-state index >= 15 is 0 Å². The lowest BCUT2D eigenvalue weighted by atomic mass is 9.88. The second-order valence-electron chi connectivity index (χ2n) is 5.88. The average molecular weight is 260 g/mol. The molecule has 0 spiro atoms. The van der Waals surface area contributed by atoms with Crippen molar-refractivity contribution >= 4 is 0 Å². The van der Waals surface area contributed by atoms with Crippen LogP contribution in [0.25, 0.3) is 0 Å². The Morgan fingerprint density at radius 2 is 1.58 bits per heavy atom. The number of aryl methyl sites for hydroxylation is 2. The van der Waals surface area contributed by atoms with Crippen LogP contribution in [0.3, 0.4) is 0 Å². The highest BCUT2D eigenvalue weighted by Gasteiger charge is 2.24. The van der Waals surface area contributed by atoms with Crippen molar-refractivity contribution in [1.82, 2.24) is 10.2 Å². The molecule has 1 atom stereocenters. The van der Waals surface area contributed by atoms with E-state index < -0.39 is 0 Å². The van der Waals surface area contributed by atoms with Gasteiger partial charge in [0.25, 0.3) is 0 Å². The van der Waals surface area contributed by atoms with Crippen LogP contribution < -0.4 is 5.32 Å². The molecule has 2 heteroatoms. The van der Waals surface area contributed by atoms with Crippen LogP contribution in [0.15, 0.2) is 6.07 Å². The van der Waals surface area contributed by atoms with Gasteiger partial charge in [0.2, 0.25) is 0 Å². The number of nitrogens with zero attached hydrogens (tertiary/aromatic N) is 1. The van der Waals surface area contributed by atoms with E-state index in [0.717, 1.165) is 13.1 Å². The molecule has 1 fully saturated rings. The summed E-state index contributed by atoms with van der Waals surface area (Å²) in [4.78, 5) is 2.66. The van der Waals surface area contributed by atoms with Crippen LogP contribution in [0, 0.1) is 27.7 Å². The molecular formula is C17H28N2. The maximum Gasteiger partial charge on any atom is 0.0352 e. The van der Waals surface area contributed by atoms with Gasteiger partial charge in [-0.05, 0) is 61.9 Å². The molecule has 0 amide bonds. The minimum atomic E-state index is 0.584. The number of nitrogens with one attached hydrogen (secondary N) is 1. The molecule has 1 unspecified atom stereocenters. The molecule has 0 aliphatic carbocycles. The quantitative estimate of drug-likeness (QED) is 0.897. The summed E-state index contributed by atoms with van der Waals surface area (Å²) in [6, 6.07) is 2.92. The summed E-state index contributed by atoms with van der Waals surface area (Å²) in [6.07, 6.45) is 1.20. The number of hydrogen-bond donors (Lipinski definition) is 1. The molecule has 0 radical (unpaired) electrons. The van der Waals surface area contributed by atoms with Crippen molar-refractivity contribution in [3.63, 3.8) is 0 Å². The fourth-order valence-corrected chi connectivity index (χ4v) is 3.39. The third-order valence-electron chi connectivity index (χ3n) is 4.74. The molecule has 1 aromatic carbocycles. The molecule has 1 aliphatic heterocycles. The van der Waals surface area contributed by atoms with Crippen molar-refractivity contribution in [2.45, 2.75) is 47.1 Å². The molecule has 1 N–H and O–H groups in total. The molecule has 2 rings (SSSR count). The molecule has 1 heterocycles. The first-order valence-electron chi connectivity index (χ1n) is 7.58. The van der Waals surface area contributed by atoms with Crippen molar-refractivity contribution in [3.05, 3.63) is 33.9 Å². The summed E-state index contributed by atoms with van der Waals surface area (Å²) in [5, 5.41) is 3.46. The highest BCUT2D eigenvalue weighted by Crippen LogP contribution is 2.33. The number of hydrogen-bond acceptors (Lipinski definition) is 2. The van der Waals surface area contributed by atoms with E-state index in [4.69, 9.17) is 0 Å². The molecular weight excluding hydrogens is 232 g/mol. The van der Waals surface area contributed by atoms with Gasteiger partial charge < -0.3 is 5.32 Å². The van der Waals surface area contributed by atoms with Crippen molar-refractivity contribution in [1.29, 1.82) is 0 Å². The Kier molecular flexibility index (Phi) is 4.64. The predicted molar refractivity (Wildman–Crippen MR) is 82.9 cm³/mol. The Hall–Kier alpha value is -0.860. The zero-order chi connectivity index (χ0) is 14.0. The second-order valence-corrected chi connectivity index (χ2v) is 5.88. The summed E-state index contributed by atoms with van der Waals surface area (Å²) in [6.45, 7) is 16.0. The van der Waals surface area contributed by atoms with E-state index in [2.05, 4.69) is 50.9 Å². The number of piperazine rings is 1. The third-order valence-corrected chi connectivity index (χ3v) is 4.74. The Bertz CT molecular complexity index is 419. The SMILES string of the molecule is CCC(c1c(C)c(C)cc(C)c1C)N1CCNCC1. The lowest BCUT2D eigenvalue weighted by Crippen LogP contribution is -2.45. The van der Waals surface area contributed by atoms with Gasteiger partial charge in [-0.15, -0.1) is 0 Å². The smallest absolute Gasteiger partial charge is 0.0352 e. The van der Waals surface area contributed by atoms with Gasteiger partial charge in [-0.1, -0.05) is 13.0 Å². The van der Waals surface area contributed by atoms with E-state index in [-0.39, 0.29) is 0 Å². The molecule has 1 aliphatic rings. The van der Waals surface area contributed by atoms with Crippen LogP contribution in [0.2, 0.25) is 0 Å². The average Bonchev–Trinajstić information content (AvgIpc) is 2.42. The van der Waals surface area contributed by atoms with Crippen molar-refractivity contribution in [2.24, 2.45) is 0 Å². The topological polar surface area (TPSA) is 15.3 Å². The van der Waals surface area contributed by atoms with Crippen molar-refractivity contribution in [3.8, 4) is 0 Å². The standard InChI is InChI=1S/C17H28N2/c1-6-16(19-9-7-18-8-10-19)17-14(4)12(2)11-13(3)15(17)5/h11,16,18H,6-10H2,1-5H3. The first-order valence-corrected chi connectivity index (χ1v) is 7.58. The maximum absolute atomic E-state index is 3.46. The largest absolute Gasteiger partial charge is 0.314 e. The molecule has 1 saturated heterocycles. The van der Waals surface area contributed by atoms with E-state index in [1.807, 2.05) is 0 Å². The van der Waals surface area contributed by atoms with Crippen molar-refractivity contribution in [2.75, 3.05) is 26.2 Å². The second kappa shape index (κ2) is 6.06. The molecule has 0 saturated carbocycles. The van der Waals surface area contributed by atoms with E-state index in [0.29, 0.717) is 6.04 Å². The predicted octanol–water partition coefficient (Wildman–Crippen LogP) is 3.28. The van der Waals surface area contributed by atoms with Gasteiger partial charge in [0.1, 0.15) is 0 Å². The monoisotopic (exact) mass is 260 g/mol. The highest BCUT2D eigenvalue weighted by molar-refractivity contribution is 5.45. The van der Waals surface area contributed by atoms with Gasteiger partial charge in [-0.25, -0.2) is 0 Å². The summed E-state index contributed by atoms with van der Waals surface area (Å²) < 4.78 is 0. The zero-order valence-corrected chi connectivity index (χ0v) is 13.1. The minimum Gasteiger partial charge on any atom is -0.314 e. The Balaban J connectivity index is 2.42. The zero-order valence-electron chi connectivity index (χ0n) is 13.1. The van der Waals surface area contributed by atoms with Gasteiger partial charge in [-0.2, -0.15) is 0 Å². The van der Waals surface area contributed by atoms with Crippen LogP contribution in [0.5, 0.6) is 0 Å². The van der Waals surface area contributed by atoms with E-state index in [9.17, 15) is 0 Å². The Morgan fingerprint density at radius 3 is 2.05 bits per heavy atom. The van der Waals surface area contributed by atoms with Gasteiger partial charge in [0.15, 0.2) is 0 Å². The summed E-state index contributed by atoms with van der Waals surface area (Å²) >= 11 is 0. The Labute approximate surface area is 118 Å².